The molecule has 1 aliphatic rings. The van der Waals surface area contributed by atoms with Crippen molar-refractivity contribution in [3.63, 3.8) is 0 Å². The predicted molar refractivity (Wildman–Crippen MR) is 113 cm³/mol. The summed E-state index contributed by atoms with van der Waals surface area (Å²) >= 11 is 0. The SMILES string of the molecule is COC(=O)[C@H]1O[C@](O)(Oc2cc3oc(-c4ccc(O)cc4)cc(=O)c3c(O)c2O)[C@H](O)[C@@H](O)[C@@H]1O. The molecule has 4 rings (SSSR count). The summed E-state index contributed by atoms with van der Waals surface area (Å²) in [6.45, 7) is 0. The van der Waals surface area contributed by atoms with E-state index in [-0.39, 0.29) is 17.1 Å². The summed E-state index contributed by atoms with van der Waals surface area (Å²) < 4.78 is 20.1. The van der Waals surface area contributed by atoms with Gasteiger partial charge in [-0.3, -0.25) is 9.53 Å². The summed E-state index contributed by atoms with van der Waals surface area (Å²) in [4.78, 5) is 24.5. The second-order valence-electron chi connectivity index (χ2n) is 7.69. The van der Waals surface area contributed by atoms with Gasteiger partial charge in [0, 0.05) is 17.7 Å². The van der Waals surface area contributed by atoms with Gasteiger partial charge in [-0.15, -0.1) is 0 Å². The van der Waals surface area contributed by atoms with Crippen LogP contribution in [0.1, 0.15) is 0 Å². The lowest BCUT2D eigenvalue weighted by atomic mass is 9.97. The van der Waals surface area contributed by atoms with Gasteiger partial charge < -0.3 is 49.6 Å². The summed E-state index contributed by atoms with van der Waals surface area (Å²) in [6.07, 6.45) is -8.54. The molecule has 1 aromatic heterocycles. The highest BCUT2D eigenvalue weighted by atomic mass is 16.8. The second kappa shape index (κ2) is 8.72. The van der Waals surface area contributed by atoms with E-state index >= 15 is 0 Å². The number of rotatable bonds is 4. The van der Waals surface area contributed by atoms with Gasteiger partial charge in [0.05, 0.1) is 7.11 Å². The molecule has 1 fully saturated rings. The molecule has 3 aromatic rings. The maximum Gasteiger partial charge on any atom is 0.356 e. The highest BCUT2D eigenvalue weighted by Gasteiger charge is 2.58. The first-order valence-corrected chi connectivity index (χ1v) is 10.00. The minimum Gasteiger partial charge on any atom is -0.508 e. The topological polar surface area (TPSA) is 217 Å². The lowest BCUT2D eigenvalue weighted by Gasteiger charge is -2.43. The lowest BCUT2D eigenvalue weighted by molar-refractivity contribution is -0.415. The van der Waals surface area contributed by atoms with Crippen LogP contribution in [0.4, 0.5) is 0 Å². The van der Waals surface area contributed by atoms with Crippen molar-refractivity contribution in [2.24, 2.45) is 0 Å². The molecule has 0 unspecified atom stereocenters. The molecule has 0 saturated carbocycles. The van der Waals surface area contributed by atoms with Crippen LogP contribution in [0.25, 0.3) is 22.3 Å². The molecule has 13 heteroatoms. The zero-order chi connectivity index (χ0) is 25.7. The minimum atomic E-state index is -3.23. The third-order valence-electron chi connectivity index (χ3n) is 5.43. The Morgan fingerprint density at radius 1 is 1.00 bits per heavy atom. The van der Waals surface area contributed by atoms with Gasteiger partial charge in [-0.25, -0.2) is 4.79 Å². The molecular weight excluding hydrogens is 472 g/mol. The fourth-order valence-corrected chi connectivity index (χ4v) is 3.56. The average Bonchev–Trinajstić information content (AvgIpc) is 2.83. The number of carbonyl (C=O) groups is 1. The van der Waals surface area contributed by atoms with E-state index in [2.05, 4.69) is 4.74 Å². The number of aromatic hydroxyl groups is 3. The van der Waals surface area contributed by atoms with Gasteiger partial charge >= 0.3 is 11.9 Å². The van der Waals surface area contributed by atoms with E-state index in [1.54, 1.807) is 0 Å². The number of phenolic OH excluding ortho intramolecular Hbond substituents is 3. The van der Waals surface area contributed by atoms with Gasteiger partial charge in [-0.05, 0) is 24.3 Å². The number of fused-ring (bicyclic) bond motifs is 1. The Morgan fingerprint density at radius 2 is 1.66 bits per heavy atom. The van der Waals surface area contributed by atoms with Gasteiger partial charge in [-0.2, -0.15) is 0 Å². The first kappa shape index (κ1) is 24.3. The molecule has 0 radical (unpaired) electrons. The molecule has 2 heterocycles. The Morgan fingerprint density at radius 3 is 2.29 bits per heavy atom. The first-order valence-electron chi connectivity index (χ1n) is 10.00. The van der Waals surface area contributed by atoms with Gasteiger partial charge in [0.2, 0.25) is 5.75 Å². The van der Waals surface area contributed by atoms with E-state index < -0.39 is 64.4 Å². The zero-order valence-corrected chi connectivity index (χ0v) is 17.9. The molecular formula is C22H20O13. The Bertz CT molecular complexity index is 1330. The summed E-state index contributed by atoms with van der Waals surface area (Å²) in [7, 11) is 0.941. The standard InChI is InChI=1S/C22H20O13/c1-32-21(30)19-17(27)18(28)20(29)22(31,35-19)34-13-7-12-14(16(26)15(13)25)10(24)6-11(33-12)8-2-4-9(23)5-3-8/h2-7,17-20,23,25-29,31H,1H3/t17-,18-,19-,20+,22+/m0/s1. The molecule has 1 saturated heterocycles. The van der Waals surface area contributed by atoms with E-state index in [1.165, 1.54) is 24.3 Å². The molecule has 13 nitrogen and oxygen atoms in total. The van der Waals surface area contributed by atoms with Gasteiger partial charge in [-0.1, -0.05) is 0 Å². The number of methoxy groups -OCH3 is 1. The van der Waals surface area contributed by atoms with Crippen molar-refractivity contribution in [2.45, 2.75) is 30.4 Å². The Balaban J connectivity index is 1.80. The van der Waals surface area contributed by atoms with Crippen LogP contribution < -0.4 is 10.2 Å². The van der Waals surface area contributed by atoms with Gasteiger partial charge in [0.15, 0.2) is 29.1 Å². The van der Waals surface area contributed by atoms with Crippen molar-refractivity contribution in [3.05, 3.63) is 46.6 Å². The highest BCUT2D eigenvalue weighted by Crippen LogP contribution is 2.44. The maximum absolute atomic E-state index is 12.6. The third-order valence-corrected chi connectivity index (χ3v) is 5.43. The number of aliphatic hydroxyl groups excluding tert-OH is 3. The lowest BCUT2D eigenvalue weighted by Crippen LogP contribution is -2.68. The van der Waals surface area contributed by atoms with Crippen LogP contribution in [0.15, 0.2) is 45.6 Å². The number of hydrogen-bond acceptors (Lipinski definition) is 13. The van der Waals surface area contributed by atoms with Crippen LogP contribution in [-0.4, -0.2) is 79.2 Å². The van der Waals surface area contributed by atoms with Crippen molar-refractivity contribution in [1.29, 1.82) is 0 Å². The Hall–Kier alpha value is -3.88. The Labute approximate surface area is 195 Å². The number of phenols is 3. The van der Waals surface area contributed by atoms with Gasteiger partial charge in [0.1, 0.15) is 34.7 Å². The van der Waals surface area contributed by atoms with E-state index in [0.717, 1.165) is 19.2 Å². The molecule has 0 amide bonds. The molecule has 0 aliphatic carbocycles. The van der Waals surface area contributed by atoms with E-state index in [0.29, 0.717) is 5.56 Å². The minimum absolute atomic E-state index is 0.00972. The summed E-state index contributed by atoms with van der Waals surface area (Å²) in [5.74, 6) is -7.33. The van der Waals surface area contributed by atoms with E-state index in [9.17, 15) is 45.3 Å². The van der Waals surface area contributed by atoms with Crippen molar-refractivity contribution < 1.29 is 59.2 Å². The van der Waals surface area contributed by atoms with Crippen LogP contribution >= 0.6 is 0 Å². The fourth-order valence-electron chi connectivity index (χ4n) is 3.56. The third kappa shape index (κ3) is 4.11. The molecule has 35 heavy (non-hydrogen) atoms. The summed E-state index contributed by atoms with van der Waals surface area (Å²) in [6, 6.07) is 7.51. The average molecular weight is 492 g/mol. The molecule has 7 N–H and O–H groups in total. The molecule has 0 bridgehead atoms. The molecule has 0 spiro atoms. The highest BCUT2D eigenvalue weighted by molar-refractivity contribution is 5.89. The molecule has 5 atom stereocenters. The number of carbonyl (C=O) groups excluding carboxylic acids is 1. The number of benzene rings is 2. The fraction of sp³-hybridized carbons (Fsp3) is 0.273. The molecule has 186 valence electrons. The van der Waals surface area contributed by atoms with Crippen LogP contribution in [0.3, 0.4) is 0 Å². The number of ether oxygens (including phenoxy) is 3. The maximum atomic E-state index is 12.6. The zero-order valence-electron chi connectivity index (χ0n) is 17.9. The van der Waals surface area contributed by atoms with Crippen molar-refractivity contribution in [1.82, 2.24) is 0 Å². The number of esters is 1. The van der Waals surface area contributed by atoms with Crippen molar-refractivity contribution in [2.75, 3.05) is 7.11 Å². The second-order valence-corrected chi connectivity index (χ2v) is 7.69. The Kier molecular flexibility index (Phi) is 6.04. The first-order chi connectivity index (χ1) is 16.5. The smallest absolute Gasteiger partial charge is 0.356 e. The quantitative estimate of drug-likeness (QED) is 0.136. The largest absolute Gasteiger partial charge is 0.508 e. The van der Waals surface area contributed by atoms with E-state index in [4.69, 9.17) is 13.9 Å². The van der Waals surface area contributed by atoms with Crippen LogP contribution in [0, 0.1) is 0 Å². The van der Waals surface area contributed by atoms with Gasteiger partial charge in [0.25, 0.3) is 0 Å². The molecule has 1 aliphatic heterocycles. The summed E-state index contributed by atoms with van der Waals surface area (Å²) in [5.41, 5.74) is -0.713. The van der Waals surface area contributed by atoms with E-state index in [1.807, 2.05) is 0 Å². The molecule has 2 aromatic carbocycles. The monoisotopic (exact) mass is 492 g/mol. The van der Waals surface area contributed by atoms with Crippen LogP contribution in [0.5, 0.6) is 23.0 Å². The normalized spacial score (nSPS) is 26.4. The number of hydrogen-bond donors (Lipinski definition) is 7. The van der Waals surface area contributed by atoms with Crippen molar-refractivity contribution in [3.8, 4) is 34.3 Å². The van der Waals surface area contributed by atoms with Crippen LogP contribution in [0.2, 0.25) is 0 Å². The predicted octanol–water partition coefficient (Wildman–Crippen LogP) is -0.744. The summed E-state index contributed by atoms with van der Waals surface area (Å²) in [5, 5.41) is 70.8. The van der Waals surface area contributed by atoms with Crippen LogP contribution in [-0.2, 0) is 14.3 Å². The van der Waals surface area contributed by atoms with Crippen molar-refractivity contribution >= 4 is 16.9 Å². The number of aliphatic hydroxyl groups is 4.